The Balaban J connectivity index is 1.66. The van der Waals surface area contributed by atoms with E-state index in [2.05, 4.69) is 44.0 Å². The molecule has 4 nitrogen and oxygen atoms in total. The number of fused-ring (bicyclic) bond motifs is 2. The van der Waals surface area contributed by atoms with Gasteiger partial charge in [-0.1, -0.05) is 27.5 Å². The van der Waals surface area contributed by atoms with E-state index in [-0.39, 0.29) is 12.0 Å². The van der Waals surface area contributed by atoms with Crippen molar-refractivity contribution in [3.8, 4) is 0 Å². The molecule has 1 aromatic heterocycles. The van der Waals surface area contributed by atoms with Crippen molar-refractivity contribution in [1.29, 1.82) is 0 Å². The topological polar surface area (TPSA) is 42.4 Å². The maximum Gasteiger partial charge on any atom is 0.410 e. The van der Waals surface area contributed by atoms with Crippen molar-refractivity contribution in [1.82, 2.24) is 9.88 Å². The predicted octanol–water partition coefficient (Wildman–Crippen LogP) is 7.14. The maximum atomic E-state index is 12.5. The van der Waals surface area contributed by atoms with Crippen LogP contribution < -0.4 is 0 Å². The molecule has 166 valence electrons. The molecule has 0 bridgehead atoms. The second-order valence-electron chi connectivity index (χ2n) is 9.44. The number of hydrogen-bond donors (Lipinski definition) is 0. The Morgan fingerprint density at radius 3 is 2.48 bits per heavy atom. The van der Waals surface area contributed by atoms with Crippen molar-refractivity contribution in [3.63, 3.8) is 0 Å². The quantitative estimate of drug-likeness (QED) is 0.366. The fourth-order valence-corrected chi connectivity index (χ4v) is 6.27. The van der Waals surface area contributed by atoms with E-state index in [1.807, 2.05) is 37.9 Å². The third-order valence-electron chi connectivity index (χ3n) is 6.08. The Morgan fingerprint density at radius 1 is 1.13 bits per heavy atom. The summed E-state index contributed by atoms with van der Waals surface area (Å²) in [7, 11) is 0. The lowest BCUT2D eigenvalue weighted by molar-refractivity contribution is 0.0178. The van der Waals surface area contributed by atoms with E-state index in [4.69, 9.17) is 21.3 Å². The van der Waals surface area contributed by atoms with Crippen molar-refractivity contribution in [2.45, 2.75) is 58.0 Å². The summed E-state index contributed by atoms with van der Waals surface area (Å²) in [5.41, 5.74) is 4.55. The third kappa shape index (κ3) is 5.12. The summed E-state index contributed by atoms with van der Waals surface area (Å²) in [6, 6.07) is 6.30. The SMILES string of the molecule is CC(C)(C)OC(=O)N1CCC(C2c3ncc(Br)cc3CCc3cc(Cl)cc(Br)c32)CC1. The Morgan fingerprint density at radius 2 is 1.81 bits per heavy atom. The lowest BCUT2D eigenvalue weighted by atomic mass is 9.76. The number of rotatable bonds is 1. The zero-order valence-corrected chi connectivity index (χ0v) is 22.0. The van der Waals surface area contributed by atoms with Crippen LogP contribution in [-0.2, 0) is 17.6 Å². The minimum Gasteiger partial charge on any atom is -0.444 e. The molecule has 1 atom stereocenters. The number of aryl methyl sites for hydroxylation is 2. The fourth-order valence-electron chi connectivity index (χ4n) is 4.77. The van der Waals surface area contributed by atoms with Gasteiger partial charge in [-0.25, -0.2) is 4.79 Å². The Bertz CT molecular complexity index is 998. The number of halogens is 3. The number of carbonyl (C=O) groups excluding carboxylic acids is 1. The van der Waals surface area contributed by atoms with Gasteiger partial charge in [0, 0.05) is 39.2 Å². The van der Waals surface area contributed by atoms with Gasteiger partial charge in [-0.2, -0.15) is 0 Å². The molecule has 1 aliphatic heterocycles. The number of pyridine rings is 1. The number of amides is 1. The first kappa shape index (κ1) is 23.1. The van der Waals surface area contributed by atoms with Crippen LogP contribution in [0.1, 0.15) is 61.9 Å². The summed E-state index contributed by atoms with van der Waals surface area (Å²) in [5, 5.41) is 0.754. The summed E-state index contributed by atoms with van der Waals surface area (Å²) >= 11 is 13.8. The molecule has 0 radical (unpaired) electrons. The molecule has 0 saturated carbocycles. The molecule has 0 N–H and O–H groups in total. The lowest BCUT2D eigenvalue weighted by Crippen LogP contribution is -2.42. The maximum absolute atomic E-state index is 12.5. The van der Waals surface area contributed by atoms with Crippen LogP contribution in [0.3, 0.4) is 0 Å². The number of benzene rings is 1. The fraction of sp³-hybridized carbons (Fsp3) is 0.500. The smallest absolute Gasteiger partial charge is 0.410 e. The van der Waals surface area contributed by atoms with Gasteiger partial charge in [-0.3, -0.25) is 4.98 Å². The van der Waals surface area contributed by atoms with E-state index in [1.165, 1.54) is 16.7 Å². The normalized spacial score (nSPS) is 19.4. The van der Waals surface area contributed by atoms with Gasteiger partial charge in [-0.05, 0) is 103 Å². The molecule has 4 rings (SSSR count). The van der Waals surface area contributed by atoms with Crippen molar-refractivity contribution in [2.24, 2.45) is 5.92 Å². The van der Waals surface area contributed by atoms with Gasteiger partial charge in [0.25, 0.3) is 0 Å². The third-order valence-corrected chi connectivity index (χ3v) is 7.39. The molecule has 1 amide bonds. The molecule has 31 heavy (non-hydrogen) atoms. The zero-order valence-electron chi connectivity index (χ0n) is 18.1. The van der Waals surface area contributed by atoms with Crippen LogP contribution in [0, 0.1) is 5.92 Å². The van der Waals surface area contributed by atoms with Crippen LogP contribution in [0.25, 0.3) is 0 Å². The van der Waals surface area contributed by atoms with E-state index >= 15 is 0 Å². The molecule has 2 aromatic rings. The molecule has 1 fully saturated rings. The van der Waals surface area contributed by atoms with Gasteiger partial charge in [-0.15, -0.1) is 0 Å². The standard InChI is InChI=1S/C24H27Br2ClN2O2/c1-24(2,3)31-23(30)29-8-6-14(7-9-29)21-20-15(11-18(27)12-19(20)26)4-5-16-10-17(25)13-28-22(16)21/h10-14,21H,4-9H2,1-3H3. The van der Waals surface area contributed by atoms with Gasteiger partial charge in [0.15, 0.2) is 0 Å². The molecule has 2 aliphatic rings. The van der Waals surface area contributed by atoms with Crippen LogP contribution in [0.5, 0.6) is 0 Å². The summed E-state index contributed by atoms with van der Waals surface area (Å²) in [5.74, 6) is 0.563. The summed E-state index contributed by atoms with van der Waals surface area (Å²) in [4.78, 5) is 19.3. The molecule has 0 spiro atoms. The number of likely N-dealkylation sites (tertiary alicyclic amines) is 1. The Kier molecular flexibility index (Phi) is 6.72. The average molecular weight is 571 g/mol. The van der Waals surface area contributed by atoms with E-state index in [0.29, 0.717) is 19.0 Å². The van der Waals surface area contributed by atoms with Crippen LogP contribution >= 0.6 is 43.5 Å². The highest BCUT2D eigenvalue weighted by Gasteiger charge is 2.37. The molecular formula is C24H27Br2ClN2O2. The average Bonchev–Trinajstić information content (AvgIpc) is 2.83. The molecule has 1 unspecified atom stereocenters. The van der Waals surface area contributed by atoms with Crippen molar-refractivity contribution < 1.29 is 9.53 Å². The van der Waals surface area contributed by atoms with E-state index < -0.39 is 5.60 Å². The minimum atomic E-state index is -0.478. The van der Waals surface area contributed by atoms with Gasteiger partial charge in [0.05, 0.1) is 5.69 Å². The Labute approximate surface area is 206 Å². The molecule has 2 heterocycles. The number of hydrogen-bond acceptors (Lipinski definition) is 3. The number of nitrogens with zero attached hydrogens (tertiary/aromatic N) is 2. The number of ether oxygens (including phenoxy) is 1. The van der Waals surface area contributed by atoms with Crippen LogP contribution in [0.4, 0.5) is 4.79 Å². The van der Waals surface area contributed by atoms with Gasteiger partial charge in [0.2, 0.25) is 0 Å². The van der Waals surface area contributed by atoms with Gasteiger partial charge >= 0.3 is 6.09 Å². The Hall–Kier alpha value is -1.11. The van der Waals surface area contributed by atoms with Gasteiger partial charge < -0.3 is 9.64 Å². The van der Waals surface area contributed by atoms with Crippen molar-refractivity contribution in [3.05, 3.63) is 60.7 Å². The highest BCUT2D eigenvalue weighted by molar-refractivity contribution is 9.10. The second kappa shape index (κ2) is 9.03. The summed E-state index contributed by atoms with van der Waals surface area (Å²) < 4.78 is 7.64. The second-order valence-corrected chi connectivity index (χ2v) is 11.6. The summed E-state index contributed by atoms with van der Waals surface area (Å²) in [6.07, 6.45) is 5.38. The monoisotopic (exact) mass is 568 g/mol. The molecule has 1 aliphatic carbocycles. The molecular weight excluding hydrogens is 544 g/mol. The molecule has 1 aromatic carbocycles. The minimum absolute atomic E-state index is 0.174. The van der Waals surface area contributed by atoms with Crippen molar-refractivity contribution in [2.75, 3.05) is 13.1 Å². The molecule has 1 saturated heterocycles. The molecule has 7 heteroatoms. The first-order valence-corrected chi connectivity index (χ1v) is 12.7. The lowest BCUT2D eigenvalue weighted by Gasteiger charge is -2.37. The van der Waals surface area contributed by atoms with E-state index in [9.17, 15) is 4.79 Å². The van der Waals surface area contributed by atoms with E-state index in [1.54, 1.807) is 0 Å². The number of aromatic nitrogens is 1. The van der Waals surface area contributed by atoms with Crippen LogP contribution in [0.2, 0.25) is 5.02 Å². The highest BCUT2D eigenvalue weighted by atomic mass is 79.9. The first-order chi connectivity index (χ1) is 14.6. The van der Waals surface area contributed by atoms with Crippen molar-refractivity contribution >= 4 is 49.6 Å². The highest BCUT2D eigenvalue weighted by Crippen LogP contribution is 2.46. The van der Waals surface area contributed by atoms with Crippen LogP contribution in [0.15, 0.2) is 33.3 Å². The first-order valence-electron chi connectivity index (χ1n) is 10.7. The number of piperidine rings is 1. The largest absolute Gasteiger partial charge is 0.444 e. The predicted molar refractivity (Wildman–Crippen MR) is 131 cm³/mol. The zero-order chi connectivity index (χ0) is 22.3. The number of carbonyl (C=O) groups is 1. The summed E-state index contributed by atoms with van der Waals surface area (Å²) in [6.45, 7) is 7.11. The van der Waals surface area contributed by atoms with Gasteiger partial charge in [0.1, 0.15) is 5.60 Å². The van der Waals surface area contributed by atoms with Crippen LogP contribution in [-0.4, -0.2) is 34.7 Å². The van der Waals surface area contributed by atoms with E-state index in [0.717, 1.165) is 45.3 Å².